The molecule has 0 spiro atoms. The van der Waals surface area contributed by atoms with Gasteiger partial charge >= 0.3 is 11.9 Å². The summed E-state index contributed by atoms with van der Waals surface area (Å²) in [5, 5.41) is 18.4. The van der Waals surface area contributed by atoms with Crippen molar-refractivity contribution in [3.05, 3.63) is 12.2 Å². The van der Waals surface area contributed by atoms with Crippen molar-refractivity contribution in [1.82, 2.24) is 0 Å². The Kier molecular flexibility index (Phi) is 5.73. The van der Waals surface area contributed by atoms with Crippen molar-refractivity contribution >= 4 is 11.9 Å². The number of carbonyl (C=O) groups is 2. The first-order valence-corrected chi connectivity index (χ1v) is 8.56. The van der Waals surface area contributed by atoms with Gasteiger partial charge in [0.05, 0.1) is 50.5 Å². The van der Waals surface area contributed by atoms with E-state index < -0.39 is 23.3 Å². The van der Waals surface area contributed by atoms with Gasteiger partial charge in [-0.25, -0.2) is 0 Å². The van der Waals surface area contributed by atoms with Gasteiger partial charge in [0.1, 0.15) is 12.2 Å². The monoisotopic (exact) mass is 356 g/mol. The molecule has 0 aromatic carbocycles. The molecule has 5 atom stereocenters. The van der Waals surface area contributed by atoms with Gasteiger partial charge in [-0.15, -0.1) is 0 Å². The molecule has 0 amide bonds. The summed E-state index contributed by atoms with van der Waals surface area (Å²) < 4.78 is 20.2. The smallest absolute Gasteiger partial charge is 0.311 e. The SMILES string of the molecule is C(OCC1CO1)C1CO1.O=C(O)C1C=CCCC1(CC1CO1)C(=O)O. The van der Waals surface area contributed by atoms with Crippen LogP contribution in [-0.2, 0) is 28.5 Å². The number of hydrogen-bond donors (Lipinski definition) is 2. The van der Waals surface area contributed by atoms with Gasteiger partial charge in [-0.05, 0) is 19.3 Å². The van der Waals surface area contributed by atoms with Crippen LogP contribution < -0.4 is 0 Å². The second-order valence-corrected chi connectivity index (χ2v) is 6.85. The summed E-state index contributed by atoms with van der Waals surface area (Å²) in [5.74, 6) is -3.04. The zero-order valence-corrected chi connectivity index (χ0v) is 14.0. The number of carboxylic acids is 2. The number of carboxylic acid groups (broad SMARTS) is 2. The molecule has 4 rings (SSSR count). The van der Waals surface area contributed by atoms with Gasteiger partial charge < -0.3 is 29.2 Å². The molecule has 25 heavy (non-hydrogen) atoms. The topological polar surface area (TPSA) is 121 Å². The molecule has 8 heteroatoms. The summed E-state index contributed by atoms with van der Waals surface area (Å²) in [4.78, 5) is 22.5. The van der Waals surface area contributed by atoms with Crippen molar-refractivity contribution in [3.8, 4) is 0 Å². The maximum absolute atomic E-state index is 11.4. The fourth-order valence-electron chi connectivity index (χ4n) is 3.04. The van der Waals surface area contributed by atoms with Crippen LogP contribution in [0.15, 0.2) is 12.2 Å². The molecule has 2 N–H and O–H groups in total. The van der Waals surface area contributed by atoms with E-state index in [1.54, 1.807) is 6.08 Å². The maximum atomic E-state index is 11.4. The molecule has 3 fully saturated rings. The minimum atomic E-state index is -1.19. The number of hydrogen-bond acceptors (Lipinski definition) is 6. The van der Waals surface area contributed by atoms with E-state index in [4.69, 9.17) is 24.1 Å². The zero-order chi connectivity index (χ0) is 17.9. The average molecular weight is 356 g/mol. The van der Waals surface area contributed by atoms with Crippen LogP contribution in [-0.4, -0.2) is 73.5 Å². The second-order valence-electron chi connectivity index (χ2n) is 6.85. The van der Waals surface area contributed by atoms with Crippen LogP contribution in [0.1, 0.15) is 19.3 Å². The van der Waals surface area contributed by atoms with E-state index in [0.29, 0.717) is 38.1 Å². The van der Waals surface area contributed by atoms with E-state index in [-0.39, 0.29) is 6.10 Å². The molecule has 0 aromatic heterocycles. The lowest BCUT2D eigenvalue weighted by Gasteiger charge is -2.35. The van der Waals surface area contributed by atoms with Crippen molar-refractivity contribution in [2.45, 2.75) is 37.6 Å². The second kappa shape index (κ2) is 7.82. The van der Waals surface area contributed by atoms with Gasteiger partial charge in [-0.2, -0.15) is 0 Å². The molecule has 0 saturated carbocycles. The van der Waals surface area contributed by atoms with Gasteiger partial charge in [0.15, 0.2) is 0 Å². The average Bonchev–Trinajstić information content (AvgIpc) is 3.43. The molecular weight excluding hydrogens is 332 g/mol. The zero-order valence-electron chi connectivity index (χ0n) is 14.0. The first kappa shape index (κ1) is 18.3. The van der Waals surface area contributed by atoms with E-state index in [9.17, 15) is 14.7 Å². The highest BCUT2D eigenvalue weighted by Crippen LogP contribution is 2.44. The molecule has 4 aliphatic rings. The van der Waals surface area contributed by atoms with Crippen LogP contribution in [0.2, 0.25) is 0 Å². The molecule has 0 radical (unpaired) electrons. The Bertz CT molecular complexity index is 509. The van der Waals surface area contributed by atoms with Crippen molar-refractivity contribution in [2.75, 3.05) is 33.0 Å². The predicted octanol–water partition coefficient (Wildman–Crippen LogP) is 0.698. The van der Waals surface area contributed by atoms with Crippen LogP contribution >= 0.6 is 0 Å². The lowest BCUT2D eigenvalue weighted by molar-refractivity contribution is -0.162. The highest BCUT2D eigenvalue weighted by Gasteiger charge is 2.52. The van der Waals surface area contributed by atoms with E-state index in [1.165, 1.54) is 6.08 Å². The summed E-state index contributed by atoms with van der Waals surface area (Å²) in [5.41, 5.74) is -1.19. The highest BCUT2D eigenvalue weighted by molar-refractivity contribution is 5.85. The molecule has 0 bridgehead atoms. The third-order valence-corrected chi connectivity index (χ3v) is 4.78. The third-order valence-electron chi connectivity index (χ3n) is 4.78. The Morgan fingerprint density at radius 3 is 2.04 bits per heavy atom. The van der Waals surface area contributed by atoms with Crippen LogP contribution in [0.4, 0.5) is 0 Å². The van der Waals surface area contributed by atoms with Crippen molar-refractivity contribution in [1.29, 1.82) is 0 Å². The molecular formula is C17H24O8. The quantitative estimate of drug-likeness (QED) is 0.481. The van der Waals surface area contributed by atoms with E-state index in [0.717, 1.165) is 26.4 Å². The van der Waals surface area contributed by atoms with Crippen LogP contribution in [0.25, 0.3) is 0 Å². The van der Waals surface area contributed by atoms with Crippen molar-refractivity contribution in [2.24, 2.45) is 11.3 Å². The fraction of sp³-hybridized carbons (Fsp3) is 0.765. The highest BCUT2D eigenvalue weighted by atomic mass is 16.6. The van der Waals surface area contributed by atoms with Crippen LogP contribution in [0.3, 0.4) is 0 Å². The molecule has 3 heterocycles. The molecule has 3 aliphatic heterocycles. The van der Waals surface area contributed by atoms with Gasteiger partial charge in [-0.1, -0.05) is 12.2 Å². The first-order chi connectivity index (χ1) is 12.0. The summed E-state index contributed by atoms with van der Waals surface area (Å²) in [7, 11) is 0. The Morgan fingerprint density at radius 2 is 1.60 bits per heavy atom. The molecule has 8 nitrogen and oxygen atoms in total. The normalized spacial score (nSPS) is 37.6. The molecule has 5 unspecified atom stereocenters. The largest absolute Gasteiger partial charge is 0.481 e. The number of aliphatic carboxylic acids is 2. The van der Waals surface area contributed by atoms with E-state index >= 15 is 0 Å². The minimum absolute atomic E-state index is 0.0792. The van der Waals surface area contributed by atoms with Crippen molar-refractivity contribution in [3.63, 3.8) is 0 Å². The van der Waals surface area contributed by atoms with Crippen LogP contribution in [0.5, 0.6) is 0 Å². The van der Waals surface area contributed by atoms with E-state index in [1.807, 2.05) is 0 Å². The third kappa shape index (κ3) is 5.24. The predicted molar refractivity (Wildman–Crippen MR) is 84.2 cm³/mol. The number of rotatable bonds is 8. The first-order valence-electron chi connectivity index (χ1n) is 8.56. The number of ether oxygens (including phenoxy) is 4. The van der Waals surface area contributed by atoms with Crippen molar-refractivity contribution < 1.29 is 38.7 Å². The Morgan fingerprint density at radius 1 is 1.04 bits per heavy atom. The lowest BCUT2D eigenvalue weighted by atomic mass is 9.66. The summed E-state index contributed by atoms with van der Waals surface area (Å²) in [6.07, 6.45) is 5.23. The molecule has 140 valence electrons. The Labute approximate surface area is 145 Å². The summed E-state index contributed by atoms with van der Waals surface area (Å²) in [6.45, 7) is 3.81. The Balaban J connectivity index is 0.000000170. The molecule has 0 aromatic rings. The fourth-order valence-corrected chi connectivity index (χ4v) is 3.04. The van der Waals surface area contributed by atoms with Crippen LogP contribution in [0, 0.1) is 11.3 Å². The number of allylic oxidation sites excluding steroid dienone is 1. The number of epoxide rings is 3. The Hall–Kier alpha value is -1.48. The lowest BCUT2D eigenvalue weighted by Crippen LogP contribution is -2.44. The van der Waals surface area contributed by atoms with Gasteiger partial charge in [0.25, 0.3) is 0 Å². The van der Waals surface area contributed by atoms with E-state index in [2.05, 4.69) is 0 Å². The molecule has 1 aliphatic carbocycles. The van der Waals surface area contributed by atoms with Gasteiger partial charge in [-0.3, -0.25) is 9.59 Å². The van der Waals surface area contributed by atoms with Gasteiger partial charge in [0, 0.05) is 0 Å². The standard InChI is InChI=1S/C11H14O5.C6H10O3/c12-9(13)8-3-1-2-4-11(8,10(14)15)5-7-6-16-7;1(5-3-8-5)7-2-6-4-9-6/h1,3,7-8H,2,4-6H2,(H,12,13)(H,14,15);5-6H,1-4H2. The minimum Gasteiger partial charge on any atom is -0.481 e. The summed E-state index contributed by atoms with van der Waals surface area (Å²) >= 11 is 0. The summed E-state index contributed by atoms with van der Waals surface area (Å²) in [6, 6.07) is 0. The molecule has 3 saturated heterocycles. The maximum Gasteiger partial charge on any atom is 0.311 e. The van der Waals surface area contributed by atoms with Gasteiger partial charge in [0.2, 0.25) is 0 Å².